The van der Waals surface area contributed by atoms with Gasteiger partial charge in [0.25, 0.3) is 0 Å². The second-order valence-corrected chi connectivity index (χ2v) is 7.25. The summed E-state index contributed by atoms with van der Waals surface area (Å²) < 4.78 is 4.20. The van der Waals surface area contributed by atoms with Crippen LogP contribution in [-0.2, 0) is 12.3 Å². The fraction of sp³-hybridized carbons (Fsp3) is 0.250. The number of imidazole rings is 2. The predicted molar refractivity (Wildman–Crippen MR) is 94.0 cm³/mol. The molecule has 0 spiro atoms. The topological polar surface area (TPSA) is 55.3 Å². The van der Waals surface area contributed by atoms with Crippen molar-refractivity contribution in [2.24, 2.45) is 0 Å². The summed E-state index contributed by atoms with van der Waals surface area (Å²) in [6, 6.07) is 8.05. The number of benzene rings is 1. The lowest BCUT2D eigenvalue weighted by molar-refractivity contribution is 0.172. The molecule has 4 rings (SSSR count). The smallest absolute Gasteiger partial charge is 0.193 e. The van der Waals surface area contributed by atoms with E-state index < -0.39 is 6.10 Å². The van der Waals surface area contributed by atoms with Crippen LogP contribution in [0.4, 0.5) is 0 Å². The molecule has 0 aliphatic rings. The maximum absolute atomic E-state index is 9.80. The Kier molecular flexibility index (Phi) is 3.84. The van der Waals surface area contributed by atoms with Gasteiger partial charge in [-0.2, -0.15) is 0 Å². The lowest BCUT2D eigenvalue weighted by atomic mass is 10.3. The van der Waals surface area contributed by atoms with E-state index in [9.17, 15) is 5.11 Å². The summed E-state index contributed by atoms with van der Waals surface area (Å²) in [6.45, 7) is 2.35. The number of aliphatic hydroxyl groups is 1. The number of hydrogen-bond acceptors (Lipinski definition) is 5. The molecule has 0 radical (unpaired) electrons. The minimum atomic E-state index is -0.412. The van der Waals surface area contributed by atoms with Gasteiger partial charge in [-0.3, -0.25) is 4.40 Å². The number of rotatable bonds is 5. The average molecular weight is 344 g/mol. The van der Waals surface area contributed by atoms with Gasteiger partial charge in [0.1, 0.15) is 0 Å². The zero-order valence-corrected chi connectivity index (χ0v) is 14.2. The Bertz CT molecular complexity index is 953. The van der Waals surface area contributed by atoms with E-state index >= 15 is 0 Å². The van der Waals surface area contributed by atoms with Gasteiger partial charge in [0, 0.05) is 17.3 Å². The lowest BCUT2D eigenvalue weighted by Gasteiger charge is -2.10. The predicted octanol–water partition coefficient (Wildman–Crippen LogP) is 3.42. The molecule has 0 aliphatic heterocycles. The average Bonchev–Trinajstić information content (AvgIpc) is 3.20. The molecule has 0 saturated heterocycles. The fourth-order valence-corrected chi connectivity index (χ4v) is 4.32. The normalized spacial score (nSPS) is 13.1. The molecule has 1 N–H and O–H groups in total. The van der Waals surface area contributed by atoms with Crippen LogP contribution in [0.25, 0.3) is 16.0 Å². The van der Waals surface area contributed by atoms with Crippen molar-refractivity contribution < 1.29 is 5.11 Å². The molecule has 23 heavy (non-hydrogen) atoms. The van der Waals surface area contributed by atoms with Crippen LogP contribution in [0, 0.1) is 0 Å². The standard InChI is InChI=1S/C16H16N4OS2/c1-11(21)9-20-14-5-3-2-4-13(14)18-16(20)23-10-12-8-17-15-19(12)6-7-22-15/h2-8,11,21H,9-10H2,1H3/t11-/m0/s1. The Labute approximate surface area is 141 Å². The molecule has 118 valence electrons. The number of aromatic nitrogens is 4. The number of thioether (sulfide) groups is 1. The van der Waals surface area contributed by atoms with Crippen LogP contribution in [0.1, 0.15) is 12.6 Å². The third kappa shape index (κ3) is 2.75. The lowest BCUT2D eigenvalue weighted by Crippen LogP contribution is -2.12. The molecule has 0 amide bonds. The van der Waals surface area contributed by atoms with Crippen molar-refractivity contribution in [1.82, 2.24) is 18.9 Å². The first-order valence-corrected chi connectivity index (χ1v) is 9.24. The summed E-state index contributed by atoms with van der Waals surface area (Å²) >= 11 is 3.31. The van der Waals surface area contributed by atoms with Crippen molar-refractivity contribution in [2.75, 3.05) is 0 Å². The largest absolute Gasteiger partial charge is 0.392 e. The summed E-state index contributed by atoms with van der Waals surface area (Å²) in [7, 11) is 0. The molecule has 0 aliphatic carbocycles. The van der Waals surface area contributed by atoms with E-state index in [0.717, 1.165) is 32.6 Å². The number of hydrogen-bond donors (Lipinski definition) is 1. The van der Waals surface area contributed by atoms with Gasteiger partial charge in [-0.05, 0) is 19.1 Å². The van der Waals surface area contributed by atoms with Gasteiger partial charge in [0.15, 0.2) is 10.1 Å². The van der Waals surface area contributed by atoms with Gasteiger partial charge in [-0.1, -0.05) is 23.9 Å². The van der Waals surface area contributed by atoms with Gasteiger partial charge in [0.2, 0.25) is 0 Å². The van der Waals surface area contributed by atoms with Crippen LogP contribution >= 0.6 is 23.1 Å². The number of para-hydroxylation sites is 2. The molecular formula is C16H16N4OS2. The molecule has 1 atom stereocenters. The molecule has 4 aromatic rings. The third-order valence-electron chi connectivity index (χ3n) is 3.64. The molecule has 3 heterocycles. The number of nitrogens with zero attached hydrogens (tertiary/aromatic N) is 4. The minimum Gasteiger partial charge on any atom is -0.392 e. The Morgan fingerprint density at radius 2 is 2.22 bits per heavy atom. The molecule has 0 unspecified atom stereocenters. The Balaban J connectivity index is 1.66. The van der Waals surface area contributed by atoms with Gasteiger partial charge >= 0.3 is 0 Å². The summed E-state index contributed by atoms with van der Waals surface area (Å²) in [5.41, 5.74) is 3.18. The zero-order chi connectivity index (χ0) is 15.8. The van der Waals surface area contributed by atoms with E-state index in [1.807, 2.05) is 42.0 Å². The van der Waals surface area contributed by atoms with Crippen molar-refractivity contribution in [3.63, 3.8) is 0 Å². The molecule has 1 aromatic carbocycles. The second kappa shape index (κ2) is 5.99. The molecule has 7 heteroatoms. The van der Waals surface area contributed by atoms with Gasteiger partial charge in [0.05, 0.1) is 35.6 Å². The van der Waals surface area contributed by atoms with E-state index in [1.54, 1.807) is 30.0 Å². The highest BCUT2D eigenvalue weighted by molar-refractivity contribution is 7.98. The summed E-state index contributed by atoms with van der Waals surface area (Å²) in [4.78, 5) is 10.1. The van der Waals surface area contributed by atoms with E-state index in [0.29, 0.717) is 6.54 Å². The minimum absolute atomic E-state index is 0.412. The molecule has 5 nitrogen and oxygen atoms in total. The first-order chi connectivity index (χ1) is 11.2. The molecule has 0 fully saturated rings. The second-order valence-electron chi connectivity index (χ2n) is 5.44. The van der Waals surface area contributed by atoms with Crippen LogP contribution in [0.2, 0.25) is 0 Å². The first-order valence-electron chi connectivity index (χ1n) is 7.38. The molecule has 0 bridgehead atoms. The SMILES string of the molecule is C[C@H](O)Cn1c(SCc2cnc3sccn23)nc2ccccc21. The van der Waals surface area contributed by atoms with Crippen molar-refractivity contribution in [3.05, 3.63) is 47.7 Å². The number of fused-ring (bicyclic) bond motifs is 2. The summed E-state index contributed by atoms with van der Waals surface area (Å²) in [5.74, 6) is 0.793. The highest BCUT2D eigenvalue weighted by atomic mass is 32.2. The van der Waals surface area contributed by atoms with Crippen LogP contribution in [0.5, 0.6) is 0 Å². The number of aliphatic hydroxyl groups excluding tert-OH is 1. The Hall–Kier alpha value is -1.83. The first kappa shape index (κ1) is 14.7. The van der Waals surface area contributed by atoms with Crippen LogP contribution < -0.4 is 0 Å². The van der Waals surface area contributed by atoms with Crippen molar-refractivity contribution in [1.29, 1.82) is 0 Å². The fourth-order valence-electron chi connectivity index (χ4n) is 2.63. The van der Waals surface area contributed by atoms with Gasteiger partial charge in [-0.15, -0.1) is 11.3 Å². The van der Waals surface area contributed by atoms with Crippen LogP contribution in [0.15, 0.2) is 47.2 Å². The Morgan fingerprint density at radius 3 is 3.09 bits per heavy atom. The molecule has 3 aromatic heterocycles. The third-order valence-corrected chi connectivity index (χ3v) is 5.42. The van der Waals surface area contributed by atoms with E-state index in [2.05, 4.69) is 14.0 Å². The van der Waals surface area contributed by atoms with Crippen molar-refractivity contribution >= 4 is 39.1 Å². The highest BCUT2D eigenvalue weighted by Crippen LogP contribution is 2.27. The van der Waals surface area contributed by atoms with Crippen LogP contribution in [-0.4, -0.2) is 30.1 Å². The quantitative estimate of drug-likeness (QED) is 0.564. The molecule has 0 saturated carbocycles. The van der Waals surface area contributed by atoms with Crippen LogP contribution in [0.3, 0.4) is 0 Å². The van der Waals surface area contributed by atoms with Crippen molar-refractivity contribution in [2.45, 2.75) is 30.5 Å². The monoisotopic (exact) mass is 344 g/mol. The maximum Gasteiger partial charge on any atom is 0.193 e. The summed E-state index contributed by atoms with van der Waals surface area (Å²) in [6.07, 6.45) is 3.55. The van der Waals surface area contributed by atoms with Crippen molar-refractivity contribution in [3.8, 4) is 0 Å². The molecular weight excluding hydrogens is 328 g/mol. The van der Waals surface area contributed by atoms with E-state index in [1.165, 1.54) is 0 Å². The summed E-state index contributed by atoms with van der Waals surface area (Å²) in [5, 5.41) is 12.8. The van der Waals surface area contributed by atoms with E-state index in [-0.39, 0.29) is 0 Å². The Morgan fingerprint density at radius 1 is 1.35 bits per heavy atom. The number of thiazole rings is 1. The van der Waals surface area contributed by atoms with E-state index in [4.69, 9.17) is 4.98 Å². The highest BCUT2D eigenvalue weighted by Gasteiger charge is 2.14. The maximum atomic E-state index is 9.80. The van der Waals surface area contributed by atoms with Gasteiger partial charge < -0.3 is 9.67 Å². The zero-order valence-electron chi connectivity index (χ0n) is 12.6. The van der Waals surface area contributed by atoms with Gasteiger partial charge in [-0.25, -0.2) is 9.97 Å².